The summed E-state index contributed by atoms with van der Waals surface area (Å²) in [5, 5.41) is 9.22. The highest BCUT2D eigenvalue weighted by Crippen LogP contribution is 2.40. The predicted molar refractivity (Wildman–Crippen MR) is 86.7 cm³/mol. The first-order chi connectivity index (χ1) is 11.9. The van der Waals surface area contributed by atoms with Gasteiger partial charge in [-0.3, -0.25) is 0 Å². The van der Waals surface area contributed by atoms with E-state index < -0.39 is 43.9 Å². The van der Waals surface area contributed by atoms with Gasteiger partial charge in [0.1, 0.15) is 11.3 Å². The summed E-state index contributed by atoms with van der Waals surface area (Å²) in [6, 6.07) is 1.15. The molecule has 1 heterocycles. The third kappa shape index (κ3) is 3.96. The fourth-order valence-corrected chi connectivity index (χ4v) is 5.02. The Balaban J connectivity index is 2.65. The van der Waals surface area contributed by atoms with Gasteiger partial charge in [-0.1, -0.05) is 13.8 Å². The van der Waals surface area contributed by atoms with Gasteiger partial charge in [0.15, 0.2) is 0 Å². The van der Waals surface area contributed by atoms with Crippen LogP contribution in [-0.4, -0.2) is 44.0 Å². The molecular weight excluding hydrogens is 375 g/mol. The van der Waals surface area contributed by atoms with Crippen LogP contribution in [0.3, 0.4) is 0 Å². The first-order valence-electron chi connectivity index (χ1n) is 7.90. The van der Waals surface area contributed by atoms with Crippen molar-refractivity contribution in [2.24, 2.45) is 11.8 Å². The van der Waals surface area contributed by atoms with E-state index in [-0.39, 0.29) is 24.9 Å². The highest BCUT2D eigenvalue weighted by atomic mass is 32.2. The first kappa shape index (κ1) is 20.5. The van der Waals surface area contributed by atoms with Gasteiger partial charge in [0.2, 0.25) is 10.0 Å². The number of methoxy groups -OCH3 is 1. The lowest BCUT2D eigenvalue weighted by Gasteiger charge is -2.34. The predicted octanol–water partition coefficient (Wildman–Crippen LogP) is 3.08. The standard InChI is InChI=1S/C16H20F3NO5S/c1-9-4-10(2)8-20(7-9)26(23,24)11-5-12(15(21)22)14(25-3)13(6-11)16(17,18)19/h5-6,9-10H,4,7-8H2,1-3H3,(H,21,22)/t9-,10+. The van der Waals surface area contributed by atoms with Crippen LogP contribution in [-0.2, 0) is 16.2 Å². The van der Waals surface area contributed by atoms with Gasteiger partial charge in [-0.05, 0) is 30.4 Å². The molecule has 0 radical (unpaired) electrons. The molecule has 0 aliphatic carbocycles. The Labute approximate surface area is 149 Å². The minimum absolute atomic E-state index is 0.0489. The van der Waals surface area contributed by atoms with Crippen molar-refractivity contribution in [3.63, 3.8) is 0 Å². The molecule has 1 aliphatic heterocycles. The second-order valence-electron chi connectivity index (χ2n) is 6.62. The molecule has 1 saturated heterocycles. The number of halogens is 3. The van der Waals surface area contributed by atoms with Gasteiger partial charge in [0.05, 0.1) is 17.6 Å². The van der Waals surface area contributed by atoms with Crippen LogP contribution in [0.2, 0.25) is 0 Å². The van der Waals surface area contributed by atoms with Gasteiger partial charge in [0.25, 0.3) is 0 Å². The molecule has 0 amide bonds. The molecule has 0 aromatic heterocycles. The van der Waals surface area contributed by atoms with E-state index in [9.17, 15) is 31.5 Å². The summed E-state index contributed by atoms with van der Waals surface area (Å²) >= 11 is 0. The number of aromatic carboxylic acids is 1. The normalized spacial score (nSPS) is 22.2. The molecule has 1 aromatic rings. The van der Waals surface area contributed by atoms with E-state index in [4.69, 9.17) is 0 Å². The van der Waals surface area contributed by atoms with Crippen molar-refractivity contribution in [3.8, 4) is 5.75 Å². The first-order valence-corrected chi connectivity index (χ1v) is 9.34. The van der Waals surface area contributed by atoms with E-state index in [1.807, 2.05) is 13.8 Å². The number of nitrogens with zero attached hydrogens (tertiary/aromatic N) is 1. The number of sulfonamides is 1. The highest BCUT2D eigenvalue weighted by Gasteiger charge is 2.40. The molecule has 1 fully saturated rings. The molecule has 0 unspecified atom stereocenters. The van der Waals surface area contributed by atoms with Crippen molar-refractivity contribution >= 4 is 16.0 Å². The summed E-state index contributed by atoms with van der Waals surface area (Å²) < 4.78 is 71.4. The molecule has 2 atom stereocenters. The number of benzene rings is 1. The Kier molecular flexibility index (Phi) is 5.57. The van der Waals surface area contributed by atoms with Crippen LogP contribution >= 0.6 is 0 Å². The molecule has 0 saturated carbocycles. The maximum atomic E-state index is 13.3. The lowest BCUT2D eigenvalue weighted by atomic mass is 9.94. The van der Waals surface area contributed by atoms with Gasteiger partial charge in [-0.15, -0.1) is 0 Å². The lowest BCUT2D eigenvalue weighted by Crippen LogP contribution is -2.42. The molecule has 2 rings (SSSR count). The smallest absolute Gasteiger partial charge is 0.420 e. The summed E-state index contributed by atoms with van der Waals surface area (Å²) in [5.74, 6) is -2.52. The van der Waals surface area contributed by atoms with Crippen molar-refractivity contribution in [3.05, 3.63) is 23.3 Å². The summed E-state index contributed by atoms with van der Waals surface area (Å²) in [7, 11) is -3.38. The van der Waals surface area contributed by atoms with Crippen LogP contribution in [0, 0.1) is 11.8 Å². The van der Waals surface area contributed by atoms with E-state index >= 15 is 0 Å². The Morgan fingerprint density at radius 1 is 1.23 bits per heavy atom. The average molecular weight is 395 g/mol. The van der Waals surface area contributed by atoms with Crippen LogP contribution in [0.25, 0.3) is 0 Å². The molecule has 10 heteroatoms. The zero-order chi connectivity index (χ0) is 19.9. The molecule has 1 aliphatic rings. The summed E-state index contributed by atoms with van der Waals surface area (Å²) in [5.41, 5.74) is -2.28. The van der Waals surface area contributed by atoms with E-state index in [0.717, 1.165) is 23.9 Å². The van der Waals surface area contributed by atoms with Gasteiger partial charge in [-0.25, -0.2) is 13.2 Å². The number of carbonyl (C=O) groups is 1. The summed E-state index contributed by atoms with van der Waals surface area (Å²) in [4.78, 5) is 10.7. The number of hydrogen-bond acceptors (Lipinski definition) is 4. The van der Waals surface area contributed by atoms with Crippen molar-refractivity contribution in [2.75, 3.05) is 20.2 Å². The zero-order valence-electron chi connectivity index (χ0n) is 14.5. The second kappa shape index (κ2) is 7.07. The molecule has 0 bridgehead atoms. The summed E-state index contributed by atoms with van der Waals surface area (Å²) in [6.45, 7) is 4.05. The topological polar surface area (TPSA) is 83.9 Å². The zero-order valence-corrected chi connectivity index (χ0v) is 15.3. The third-order valence-corrected chi connectivity index (χ3v) is 6.08. The fourth-order valence-electron chi connectivity index (χ4n) is 3.29. The highest BCUT2D eigenvalue weighted by molar-refractivity contribution is 7.89. The largest absolute Gasteiger partial charge is 0.495 e. The van der Waals surface area contributed by atoms with Crippen molar-refractivity contribution in [1.29, 1.82) is 0 Å². The number of alkyl halides is 3. The van der Waals surface area contributed by atoms with E-state index in [1.165, 1.54) is 0 Å². The Hall–Kier alpha value is -1.81. The van der Waals surface area contributed by atoms with Crippen LogP contribution in [0.5, 0.6) is 5.75 Å². The molecule has 6 nitrogen and oxygen atoms in total. The number of carboxylic acid groups (broad SMARTS) is 1. The van der Waals surface area contributed by atoms with Crippen LogP contribution in [0.1, 0.15) is 36.2 Å². The van der Waals surface area contributed by atoms with Gasteiger partial charge in [-0.2, -0.15) is 17.5 Å². The number of rotatable bonds is 4. The molecule has 146 valence electrons. The minimum atomic E-state index is -4.97. The molecule has 1 N–H and O–H groups in total. The van der Waals surface area contributed by atoms with E-state index in [0.29, 0.717) is 6.07 Å². The third-order valence-electron chi connectivity index (χ3n) is 4.28. The Morgan fingerprint density at radius 2 is 1.77 bits per heavy atom. The van der Waals surface area contributed by atoms with E-state index in [2.05, 4.69) is 4.74 Å². The number of carboxylic acids is 1. The van der Waals surface area contributed by atoms with Crippen LogP contribution < -0.4 is 4.74 Å². The quantitative estimate of drug-likeness (QED) is 0.847. The SMILES string of the molecule is COc1c(C(=O)O)cc(S(=O)(=O)N2C[C@H](C)C[C@H](C)C2)cc1C(F)(F)F. The van der Waals surface area contributed by atoms with Gasteiger partial charge < -0.3 is 9.84 Å². The monoisotopic (exact) mass is 395 g/mol. The molecule has 1 aromatic carbocycles. The van der Waals surface area contributed by atoms with Crippen molar-refractivity contribution in [1.82, 2.24) is 4.31 Å². The Morgan fingerprint density at radius 3 is 2.19 bits per heavy atom. The lowest BCUT2D eigenvalue weighted by molar-refractivity contribution is -0.138. The van der Waals surface area contributed by atoms with Crippen molar-refractivity contribution in [2.45, 2.75) is 31.3 Å². The number of ether oxygens (including phenoxy) is 1. The van der Waals surface area contributed by atoms with Crippen LogP contribution in [0.15, 0.2) is 17.0 Å². The van der Waals surface area contributed by atoms with Gasteiger partial charge >= 0.3 is 12.1 Å². The second-order valence-corrected chi connectivity index (χ2v) is 8.56. The average Bonchev–Trinajstić information content (AvgIpc) is 2.51. The van der Waals surface area contributed by atoms with E-state index in [1.54, 1.807) is 0 Å². The molecular formula is C16H20F3NO5S. The van der Waals surface area contributed by atoms with Gasteiger partial charge in [0, 0.05) is 13.1 Å². The van der Waals surface area contributed by atoms with Crippen LogP contribution in [0.4, 0.5) is 13.2 Å². The minimum Gasteiger partial charge on any atom is -0.495 e. The fraction of sp³-hybridized carbons (Fsp3) is 0.562. The number of piperidine rings is 1. The number of hydrogen-bond donors (Lipinski definition) is 1. The molecule has 0 spiro atoms. The maximum Gasteiger partial charge on any atom is 0.420 e. The maximum absolute atomic E-state index is 13.3. The summed E-state index contributed by atoms with van der Waals surface area (Å²) in [6.07, 6.45) is -4.16. The molecule has 26 heavy (non-hydrogen) atoms. The Bertz CT molecular complexity index is 797. The van der Waals surface area contributed by atoms with Crippen molar-refractivity contribution < 1.29 is 36.2 Å².